The summed E-state index contributed by atoms with van der Waals surface area (Å²) in [5.74, 6) is -0.841. The number of allylic oxidation sites excluding steroid dienone is 1. The SMILES string of the molecule is CNC(CC/C=C/C(=O)N(C)C)CNc1cccn(Cc2nc3c(F)cc(F)c(CC(C)C)c3[nH]2)c1=O. The highest BCUT2D eigenvalue weighted by Crippen LogP contribution is 2.25. The highest BCUT2D eigenvalue weighted by molar-refractivity contribution is 5.87. The van der Waals surface area contributed by atoms with Gasteiger partial charge in [0.25, 0.3) is 5.56 Å². The van der Waals surface area contributed by atoms with Gasteiger partial charge in [-0.3, -0.25) is 9.59 Å². The molecule has 200 valence electrons. The first-order chi connectivity index (χ1) is 17.6. The first-order valence-electron chi connectivity index (χ1n) is 12.4. The monoisotopic (exact) mass is 514 g/mol. The lowest BCUT2D eigenvalue weighted by molar-refractivity contribution is -0.123. The Balaban J connectivity index is 1.71. The van der Waals surface area contributed by atoms with E-state index in [1.54, 1.807) is 38.5 Å². The predicted octanol–water partition coefficient (Wildman–Crippen LogP) is 3.67. The van der Waals surface area contributed by atoms with Crippen molar-refractivity contribution in [2.24, 2.45) is 5.92 Å². The van der Waals surface area contributed by atoms with Crippen LogP contribution in [0.4, 0.5) is 14.5 Å². The number of halogens is 2. The van der Waals surface area contributed by atoms with E-state index in [1.165, 1.54) is 9.47 Å². The summed E-state index contributed by atoms with van der Waals surface area (Å²) in [6.07, 6.45) is 6.97. The van der Waals surface area contributed by atoms with Gasteiger partial charge in [0.15, 0.2) is 5.82 Å². The number of aromatic amines is 1. The van der Waals surface area contributed by atoms with Crippen LogP contribution in [0.3, 0.4) is 0 Å². The Morgan fingerprint density at radius 2 is 2.03 bits per heavy atom. The maximum Gasteiger partial charge on any atom is 0.274 e. The summed E-state index contributed by atoms with van der Waals surface area (Å²) in [7, 11) is 5.26. The molecule has 2 aromatic heterocycles. The summed E-state index contributed by atoms with van der Waals surface area (Å²) in [5, 5.41) is 6.42. The van der Waals surface area contributed by atoms with Crippen LogP contribution in [0.25, 0.3) is 11.0 Å². The quantitative estimate of drug-likeness (QED) is 0.321. The molecule has 2 heterocycles. The molecular weight excluding hydrogens is 478 g/mol. The summed E-state index contributed by atoms with van der Waals surface area (Å²) in [6.45, 7) is 4.53. The Labute approximate surface area is 215 Å². The maximum absolute atomic E-state index is 14.5. The highest BCUT2D eigenvalue weighted by atomic mass is 19.1. The van der Waals surface area contributed by atoms with Crippen LogP contribution in [0, 0.1) is 17.6 Å². The van der Waals surface area contributed by atoms with E-state index < -0.39 is 11.6 Å². The molecule has 0 saturated carbocycles. The van der Waals surface area contributed by atoms with E-state index in [1.807, 2.05) is 27.0 Å². The molecule has 3 N–H and O–H groups in total. The van der Waals surface area contributed by atoms with E-state index in [4.69, 9.17) is 0 Å². The van der Waals surface area contributed by atoms with Gasteiger partial charge in [-0.25, -0.2) is 13.8 Å². The second kappa shape index (κ2) is 12.6. The van der Waals surface area contributed by atoms with Crippen molar-refractivity contribution in [3.05, 3.63) is 69.9 Å². The molecule has 0 aliphatic heterocycles. The number of pyridine rings is 1. The normalized spacial score (nSPS) is 12.5. The molecule has 0 spiro atoms. The lowest BCUT2D eigenvalue weighted by Gasteiger charge is -2.17. The molecule has 0 aliphatic carbocycles. The number of nitrogens with one attached hydrogen (secondary N) is 3. The molecule has 1 unspecified atom stereocenters. The fourth-order valence-electron chi connectivity index (χ4n) is 4.05. The van der Waals surface area contributed by atoms with Crippen LogP contribution in [-0.2, 0) is 17.8 Å². The molecule has 0 radical (unpaired) electrons. The van der Waals surface area contributed by atoms with Crippen molar-refractivity contribution >= 4 is 22.6 Å². The van der Waals surface area contributed by atoms with Crippen molar-refractivity contribution in [1.82, 2.24) is 24.8 Å². The van der Waals surface area contributed by atoms with E-state index in [0.29, 0.717) is 42.0 Å². The van der Waals surface area contributed by atoms with Crippen molar-refractivity contribution in [2.75, 3.05) is 33.0 Å². The number of likely N-dealkylation sites (N-methyl/N-ethyl adjacent to an activating group) is 2. The minimum absolute atomic E-state index is 0.0579. The van der Waals surface area contributed by atoms with E-state index >= 15 is 0 Å². The minimum Gasteiger partial charge on any atom is -0.379 e. The molecule has 0 aliphatic rings. The van der Waals surface area contributed by atoms with Crippen LogP contribution in [0.1, 0.15) is 38.1 Å². The van der Waals surface area contributed by atoms with Gasteiger partial charge >= 0.3 is 0 Å². The number of anilines is 1. The van der Waals surface area contributed by atoms with Crippen LogP contribution >= 0.6 is 0 Å². The van der Waals surface area contributed by atoms with Crippen molar-refractivity contribution in [3.63, 3.8) is 0 Å². The second-order valence-electron chi connectivity index (χ2n) is 9.76. The number of hydrogen-bond donors (Lipinski definition) is 3. The topological polar surface area (TPSA) is 95.1 Å². The van der Waals surface area contributed by atoms with Gasteiger partial charge in [0.05, 0.1) is 12.1 Å². The molecule has 10 heteroatoms. The molecule has 0 saturated heterocycles. The highest BCUT2D eigenvalue weighted by Gasteiger charge is 2.18. The number of hydrogen-bond acceptors (Lipinski definition) is 5. The van der Waals surface area contributed by atoms with E-state index in [-0.39, 0.29) is 35.5 Å². The lowest BCUT2D eigenvalue weighted by atomic mass is 10.0. The maximum atomic E-state index is 14.5. The Morgan fingerprint density at radius 3 is 2.70 bits per heavy atom. The number of H-pyrrole nitrogens is 1. The van der Waals surface area contributed by atoms with Gasteiger partial charge in [0.1, 0.15) is 22.8 Å². The zero-order valence-electron chi connectivity index (χ0n) is 22.1. The zero-order chi connectivity index (χ0) is 27.1. The van der Waals surface area contributed by atoms with E-state index in [0.717, 1.165) is 12.5 Å². The van der Waals surface area contributed by atoms with Gasteiger partial charge in [-0.15, -0.1) is 0 Å². The summed E-state index contributed by atoms with van der Waals surface area (Å²) in [5.41, 5.74) is 0.986. The van der Waals surface area contributed by atoms with Crippen molar-refractivity contribution in [3.8, 4) is 0 Å². The van der Waals surface area contributed by atoms with Gasteiger partial charge in [-0.2, -0.15) is 0 Å². The third-order valence-corrected chi connectivity index (χ3v) is 6.11. The fraction of sp³-hybridized carbons (Fsp3) is 0.444. The third-order valence-electron chi connectivity index (χ3n) is 6.11. The second-order valence-corrected chi connectivity index (χ2v) is 9.76. The van der Waals surface area contributed by atoms with E-state index in [9.17, 15) is 18.4 Å². The molecule has 0 fully saturated rings. The Morgan fingerprint density at radius 1 is 1.27 bits per heavy atom. The average Bonchev–Trinajstić information content (AvgIpc) is 3.27. The Kier molecular flexibility index (Phi) is 9.57. The van der Waals surface area contributed by atoms with Crippen molar-refractivity contribution < 1.29 is 13.6 Å². The lowest BCUT2D eigenvalue weighted by Crippen LogP contribution is -2.34. The smallest absolute Gasteiger partial charge is 0.274 e. The van der Waals surface area contributed by atoms with E-state index in [2.05, 4.69) is 20.6 Å². The van der Waals surface area contributed by atoms with Crippen LogP contribution < -0.4 is 16.2 Å². The number of nitrogens with zero attached hydrogens (tertiary/aromatic N) is 3. The van der Waals surface area contributed by atoms with Crippen LogP contribution in [0.2, 0.25) is 0 Å². The van der Waals surface area contributed by atoms with Gasteiger partial charge in [-0.05, 0) is 50.4 Å². The molecule has 1 aromatic carbocycles. The molecule has 8 nitrogen and oxygen atoms in total. The van der Waals surface area contributed by atoms with Crippen LogP contribution in [0.5, 0.6) is 0 Å². The van der Waals surface area contributed by atoms with Gasteiger partial charge in [-0.1, -0.05) is 19.9 Å². The van der Waals surface area contributed by atoms with Crippen molar-refractivity contribution in [1.29, 1.82) is 0 Å². The van der Waals surface area contributed by atoms with Crippen LogP contribution in [0.15, 0.2) is 41.3 Å². The number of rotatable bonds is 12. The van der Waals surface area contributed by atoms with Crippen LogP contribution in [-0.4, -0.2) is 59.1 Å². The number of fused-ring (bicyclic) bond motifs is 1. The number of amides is 1. The van der Waals surface area contributed by atoms with Crippen molar-refractivity contribution in [2.45, 2.75) is 45.7 Å². The number of benzene rings is 1. The summed E-state index contributed by atoms with van der Waals surface area (Å²) >= 11 is 0. The summed E-state index contributed by atoms with van der Waals surface area (Å²) in [4.78, 5) is 33.6. The zero-order valence-corrected chi connectivity index (χ0v) is 22.1. The fourth-order valence-corrected chi connectivity index (χ4v) is 4.05. The van der Waals surface area contributed by atoms with Gasteiger partial charge in [0, 0.05) is 44.5 Å². The first kappa shape index (κ1) is 28.0. The first-order valence-corrected chi connectivity index (χ1v) is 12.4. The molecule has 3 aromatic rings. The Bertz CT molecular complexity index is 1310. The Hall–Kier alpha value is -3.53. The molecule has 3 rings (SSSR count). The average molecular weight is 515 g/mol. The van der Waals surface area contributed by atoms with Gasteiger partial charge in [0.2, 0.25) is 5.91 Å². The molecule has 1 amide bonds. The molecular formula is C27H36F2N6O2. The molecule has 37 heavy (non-hydrogen) atoms. The number of aromatic nitrogens is 3. The molecule has 1 atom stereocenters. The standard InChI is InChI=1S/C27H36F2N6O2/c1-17(2)13-19-20(28)14-21(29)26-25(19)32-23(33-26)16-35-12-8-10-22(27(35)37)31-15-18(30-3)9-6-7-11-24(36)34(4)5/h7-8,10-12,14,17-18,30-31H,6,9,13,15-16H2,1-5H3,(H,32,33)/b11-7+. The summed E-state index contributed by atoms with van der Waals surface area (Å²) < 4.78 is 30.4. The molecule has 0 bridgehead atoms. The number of carbonyl (C=O) groups is 1. The van der Waals surface area contributed by atoms with Gasteiger partial charge < -0.3 is 25.1 Å². The number of imidazole rings is 1. The third kappa shape index (κ3) is 7.25. The minimum atomic E-state index is -0.732. The largest absolute Gasteiger partial charge is 0.379 e. The summed E-state index contributed by atoms with van der Waals surface area (Å²) in [6, 6.07) is 4.41. The predicted molar refractivity (Wildman–Crippen MR) is 143 cm³/mol. The number of carbonyl (C=O) groups excluding carboxylic acids is 1.